The Balaban J connectivity index is 2.01. The van der Waals surface area contributed by atoms with E-state index in [1.54, 1.807) is 12.1 Å². The molecule has 0 saturated heterocycles. The van der Waals surface area contributed by atoms with E-state index in [2.05, 4.69) is 4.57 Å². The highest BCUT2D eigenvalue weighted by Gasteiger charge is 2.29. The number of aromatic hydroxyl groups is 1. The molecule has 3 nitrogen and oxygen atoms in total. The Hall–Kier alpha value is -2.00. The third-order valence-corrected chi connectivity index (χ3v) is 4.00. The summed E-state index contributed by atoms with van der Waals surface area (Å²) in [5, 5.41) is 10.2. The fourth-order valence-corrected chi connectivity index (χ4v) is 2.87. The highest BCUT2D eigenvalue weighted by molar-refractivity contribution is 6.35. The molecule has 4 rings (SSSR count). The van der Waals surface area contributed by atoms with Crippen LogP contribution in [0.5, 0.6) is 5.75 Å². The van der Waals surface area contributed by atoms with Gasteiger partial charge in [-0.1, -0.05) is 17.7 Å². The average molecular weight is 285 g/mol. The molecule has 0 amide bonds. The molecule has 1 aromatic heterocycles. The second kappa shape index (κ2) is 4.25. The second-order valence-electron chi connectivity index (χ2n) is 5.19. The Morgan fingerprint density at radius 2 is 1.85 bits per heavy atom. The lowest BCUT2D eigenvalue weighted by Crippen LogP contribution is -1.97. The number of rotatable bonds is 2. The molecule has 20 heavy (non-hydrogen) atoms. The molecule has 0 bridgehead atoms. The molecular formula is C16H13ClN2O. The Kier molecular flexibility index (Phi) is 2.51. The Morgan fingerprint density at radius 1 is 1.10 bits per heavy atom. The van der Waals surface area contributed by atoms with Crippen molar-refractivity contribution in [2.75, 3.05) is 0 Å². The lowest BCUT2D eigenvalue weighted by molar-refractivity contribution is 0.475. The average Bonchev–Trinajstić information content (AvgIpc) is 3.20. The van der Waals surface area contributed by atoms with Gasteiger partial charge in [-0.3, -0.25) is 0 Å². The standard InChI is InChI=1S/C16H13ClN2O/c17-13-2-1-3-14-15(13)19(11-6-7-11)16(18-14)10-4-8-12(20)9-5-10/h1-5,8-9,11,20H,6-7H2. The summed E-state index contributed by atoms with van der Waals surface area (Å²) in [7, 11) is 0. The van der Waals surface area contributed by atoms with Gasteiger partial charge in [0.25, 0.3) is 0 Å². The second-order valence-corrected chi connectivity index (χ2v) is 5.60. The molecule has 0 spiro atoms. The summed E-state index contributed by atoms with van der Waals surface area (Å²) in [5.41, 5.74) is 2.94. The molecule has 1 saturated carbocycles. The number of phenolic OH excluding ortho intramolecular Hbond substituents is 1. The first-order valence-corrected chi connectivity index (χ1v) is 7.08. The van der Waals surface area contributed by atoms with E-state index in [9.17, 15) is 5.11 Å². The number of fused-ring (bicyclic) bond motifs is 1. The summed E-state index contributed by atoms with van der Waals surface area (Å²) in [6, 6.07) is 13.5. The van der Waals surface area contributed by atoms with Gasteiger partial charge in [0.1, 0.15) is 11.6 Å². The molecule has 0 aliphatic heterocycles. The predicted molar refractivity (Wildman–Crippen MR) is 80.1 cm³/mol. The van der Waals surface area contributed by atoms with Crippen LogP contribution in [0, 0.1) is 0 Å². The van der Waals surface area contributed by atoms with Crippen LogP contribution < -0.4 is 0 Å². The number of nitrogens with zero attached hydrogens (tertiary/aromatic N) is 2. The summed E-state index contributed by atoms with van der Waals surface area (Å²) < 4.78 is 2.24. The topological polar surface area (TPSA) is 38.1 Å². The first kappa shape index (κ1) is 11.8. The van der Waals surface area contributed by atoms with E-state index < -0.39 is 0 Å². The lowest BCUT2D eigenvalue weighted by Gasteiger charge is -2.08. The number of aromatic nitrogens is 2. The van der Waals surface area contributed by atoms with E-state index in [-0.39, 0.29) is 5.75 Å². The third kappa shape index (κ3) is 1.78. The van der Waals surface area contributed by atoms with E-state index in [1.807, 2.05) is 30.3 Å². The maximum atomic E-state index is 9.43. The molecule has 0 radical (unpaired) electrons. The molecule has 0 unspecified atom stereocenters. The maximum Gasteiger partial charge on any atom is 0.141 e. The minimum absolute atomic E-state index is 0.265. The van der Waals surface area contributed by atoms with Gasteiger partial charge in [0.15, 0.2) is 0 Å². The number of para-hydroxylation sites is 1. The van der Waals surface area contributed by atoms with Crippen molar-refractivity contribution in [3.8, 4) is 17.1 Å². The zero-order chi connectivity index (χ0) is 13.7. The number of hydrogen-bond donors (Lipinski definition) is 1. The smallest absolute Gasteiger partial charge is 0.141 e. The molecule has 1 fully saturated rings. The van der Waals surface area contributed by atoms with Gasteiger partial charge in [-0.15, -0.1) is 0 Å². The zero-order valence-electron chi connectivity index (χ0n) is 10.8. The van der Waals surface area contributed by atoms with Crippen molar-refractivity contribution < 1.29 is 5.11 Å². The molecule has 1 aliphatic rings. The van der Waals surface area contributed by atoms with Gasteiger partial charge >= 0.3 is 0 Å². The van der Waals surface area contributed by atoms with Crippen LogP contribution in [-0.4, -0.2) is 14.7 Å². The van der Waals surface area contributed by atoms with E-state index in [0.29, 0.717) is 6.04 Å². The molecule has 2 aromatic carbocycles. The third-order valence-electron chi connectivity index (χ3n) is 3.70. The minimum Gasteiger partial charge on any atom is -0.508 e. The first-order chi connectivity index (χ1) is 9.74. The van der Waals surface area contributed by atoms with E-state index in [1.165, 1.54) is 12.8 Å². The summed E-state index contributed by atoms with van der Waals surface area (Å²) in [5.74, 6) is 1.19. The van der Waals surface area contributed by atoms with Gasteiger partial charge in [-0.05, 0) is 49.2 Å². The first-order valence-electron chi connectivity index (χ1n) is 6.70. The summed E-state index contributed by atoms with van der Waals surface area (Å²) in [6.07, 6.45) is 2.34. The number of phenols is 1. The van der Waals surface area contributed by atoms with Crippen LogP contribution >= 0.6 is 11.6 Å². The Morgan fingerprint density at radius 3 is 2.55 bits per heavy atom. The maximum absolute atomic E-state index is 9.43. The number of halogens is 1. The van der Waals surface area contributed by atoms with Gasteiger partial charge in [0.05, 0.1) is 16.1 Å². The summed E-state index contributed by atoms with van der Waals surface area (Å²) in [4.78, 5) is 4.73. The van der Waals surface area contributed by atoms with Crippen LogP contribution in [0.25, 0.3) is 22.4 Å². The van der Waals surface area contributed by atoms with Crippen LogP contribution in [0.2, 0.25) is 5.02 Å². The number of benzene rings is 2. The van der Waals surface area contributed by atoms with Crippen molar-refractivity contribution in [1.29, 1.82) is 0 Å². The van der Waals surface area contributed by atoms with Gasteiger partial charge < -0.3 is 9.67 Å². The molecule has 0 atom stereocenters. The van der Waals surface area contributed by atoms with Crippen LogP contribution in [0.1, 0.15) is 18.9 Å². The van der Waals surface area contributed by atoms with Crippen molar-refractivity contribution in [3.05, 3.63) is 47.5 Å². The number of hydrogen-bond acceptors (Lipinski definition) is 2. The molecule has 1 aliphatic carbocycles. The quantitative estimate of drug-likeness (QED) is 0.757. The van der Waals surface area contributed by atoms with Crippen LogP contribution in [0.15, 0.2) is 42.5 Å². The normalized spacial score (nSPS) is 14.8. The van der Waals surface area contributed by atoms with E-state index in [4.69, 9.17) is 16.6 Å². The fourth-order valence-electron chi connectivity index (χ4n) is 2.61. The van der Waals surface area contributed by atoms with Gasteiger partial charge in [-0.2, -0.15) is 0 Å². The lowest BCUT2D eigenvalue weighted by atomic mass is 10.2. The highest BCUT2D eigenvalue weighted by Crippen LogP contribution is 2.42. The monoisotopic (exact) mass is 284 g/mol. The largest absolute Gasteiger partial charge is 0.508 e. The predicted octanol–water partition coefficient (Wildman–Crippen LogP) is 4.40. The van der Waals surface area contributed by atoms with Gasteiger partial charge in [0.2, 0.25) is 0 Å². The van der Waals surface area contributed by atoms with Gasteiger partial charge in [0, 0.05) is 11.6 Å². The summed E-state index contributed by atoms with van der Waals surface area (Å²) >= 11 is 6.36. The molecule has 100 valence electrons. The SMILES string of the molecule is Oc1ccc(-c2nc3cccc(Cl)c3n2C2CC2)cc1. The number of imidazole rings is 1. The van der Waals surface area contributed by atoms with Crippen LogP contribution in [-0.2, 0) is 0 Å². The summed E-state index contributed by atoms with van der Waals surface area (Å²) in [6.45, 7) is 0. The van der Waals surface area contributed by atoms with Gasteiger partial charge in [-0.25, -0.2) is 4.98 Å². The minimum atomic E-state index is 0.265. The van der Waals surface area contributed by atoms with Crippen molar-refractivity contribution in [3.63, 3.8) is 0 Å². The van der Waals surface area contributed by atoms with Crippen molar-refractivity contribution in [2.24, 2.45) is 0 Å². The van der Waals surface area contributed by atoms with Crippen molar-refractivity contribution >= 4 is 22.6 Å². The van der Waals surface area contributed by atoms with Crippen LogP contribution in [0.4, 0.5) is 0 Å². The molecule has 1 N–H and O–H groups in total. The van der Waals surface area contributed by atoms with E-state index >= 15 is 0 Å². The van der Waals surface area contributed by atoms with E-state index in [0.717, 1.165) is 27.4 Å². The van der Waals surface area contributed by atoms with Crippen LogP contribution in [0.3, 0.4) is 0 Å². The van der Waals surface area contributed by atoms with Crippen molar-refractivity contribution in [1.82, 2.24) is 9.55 Å². The molecular weight excluding hydrogens is 272 g/mol. The van der Waals surface area contributed by atoms with Crippen molar-refractivity contribution in [2.45, 2.75) is 18.9 Å². The Labute approximate surface area is 121 Å². The fraction of sp³-hybridized carbons (Fsp3) is 0.188. The highest BCUT2D eigenvalue weighted by atomic mass is 35.5. The molecule has 4 heteroatoms. The molecule has 3 aromatic rings. The Bertz CT molecular complexity index is 788. The molecule has 1 heterocycles. The zero-order valence-corrected chi connectivity index (χ0v) is 11.5.